The first-order chi connectivity index (χ1) is 7.68. The zero-order valence-corrected chi connectivity index (χ0v) is 9.73. The number of aromatic nitrogens is 4. The lowest BCUT2D eigenvalue weighted by atomic mass is 10.3. The molecule has 2 heterocycles. The Hall–Kier alpha value is -1.91. The molecular weight excluding hydrogens is 202 g/mol. The summed E-state index contributed by atoms with van der Waals surface area (Å²) in [5, 5.41) is 11.3. The fourth-order valence-electron chi connectivity index (χ4n) is 1.42. The van der Waals surface area contributed by atoms with Crippen molar-refractivity contribution in [3.63, 3.8) is 0 Å². The lowest BCUT2D eigenvalue weighted by molar-refractivity contribution is 1.00. The van der Waals surface area contributed by atoms with Gasteiger partial charge in [-0.2, -0.15) is 0 Å². The maximum Gasteiger partial charge on any atom is 0.203 e. The van der Waals surface area contributed by atoms with Gasteiger partial charge in [-0.3, -0.25) is 4.40 Å². The average Bonchev–Trinajstić information content (AvgIpc) is 2.61. The van der Waals surface area contributed by atoms with E-state index in [0.29, 0.717) is 0 Å². The summed E-state index contributed by atoms with van der Waals surface area (Å²) in [6.07, 6.45) is 5.71. The molecule has 5 heteroatoms. The van der Waals surface area contributed by atoms with Crippen LogP contribution in [0.2, 0.25) is 0 Å². The predicted molar refractivity (Wildman–Crippen MR) is 63.4 cm³/mol. The molecule has 0 radical (unpaired) electrons. The van der Waals surface area contributed by atoms with Crippen LogP contribution >= 0.6 is 0 Å². The molecule has 1 N–H and O–H groups in total. The number of anilines is 1. The Bertz CT molecular complexity index is 522. The van der Waals surface area contributed by atoms with Crippen molar-refractivity contribution in [2.75, 3.05) is 11.9 Å². The first-order valence-electron chi connectivity index (χ1n) is 5.22. The van der Waals surface area contributed by atoms with Gasteiger partial charge in [0.15, 0.2) is 5.82 Å². The van der Waals surface area contributed by atoms with Crippen LogP contribution in [0.1, 0.15) is 19.7 Å². The van der Waals surface area contributed by atoms with E-state index >= 15 is 0 Å². The van der Waals surface area contributed by atoms with Crippen molar-refractivity contribution >= 4 is 11.5 Å². The Kier molecular flexibility index (Phi) is 2.85. The highest BCUT2D eigenvalue weighted by Crippen LogP contribution is 2.11. The summed E-state index contributed by atoms with van der Waals surface area (Å²) in [4.78, 5) is 4.25. The molecule has 2 aromatic rings. The maximum atomic E-state index is 4.25. The third-order valence-electron chi connectivity index (χ3n) is 2.28. The van der Waals surface area contributed by atoms with E-state index in [1.165, 1.54) is 5.57 Å². The Morgan fingerprint density at radius 2 is 2.25 bits per heavy atom. The van der Waals surface area contributed by atoms with Gasteiger partial charge in [0.1, 0.15) is 5.82 Å². The van der Waals surface area contributed by atoms with Crippen LogP contribution in [-0.4, -0.2) is 26.1 Å². The monoisotopic (exact) mass is 217 g/mol. The van der Waals surface area contributed by atoms with Crippen LogP contribution in [0.5, 0.6) is 0 Å². The molecule has 5 nitrogen and oxygen atoms in total. The van der Waals surface area contributed by atoms with E-state index in [-0.39, 0.29) is 0 Å². The van der Waals surface area contributed by atoms with E-state index < -0.39 is 0 Å². The van der Waals surface area contributed by atoms with E-state index in [4.69, 9.17) is 0 Å². The molecule has 0 aliphatic heterocycles. The van der Waals surface area contributed by atoms with Gasteiger partial charge in [0.2, 0.25) is 5.65 Å². The molecule has 0 bridgehead atoms. The quantitative estimate of drug-likeness (QED) is 0.797. The van der Waals surface area contributed by atoms with Crippen molar-refractivity contribution in [2.45, 2.75) is 20.8 Å². The highest BCUT2D eigenvalue weighted by atomic mass is 15.3. The van der Waals surface area contributed by atoms with Crippen LogP contribution in [-0.2, 0) is 0 Å². The number of aryl methyl sites for hydroxylation is 1. The predicted octanol–water partition coefficient (Wildman–Crippen LogP) is 1.81. The van der Waals surface area contributed by atoms with Gasteiger partial charge < -0.3 is 5.32 Å². The first-order valence-corrected chi connectivity index (χ1v) is 5.22. The molecule has 0 saturated carbocycles. The smallest absolute Gasteiger partial charge is 0.203 e. The highest BCUT2D eigenvalue weighted by Gasteiger charge is 2.05. The molecule has 0 unspecified atom stereocenters. The number of nitrogens with one attached hydrogen (secondary N) is 1. The van der Waals surface area contributed by atoms with Gasteiger partial charge in [-0.1, -0.05) is 11.6 Å². The van der Waals surface area contributed by atoms with Crippen LogP contribution in [0.25, 0.3) is 5.65 Å². The summed E-state index contributed by atoms with van der Waals surface area (Å²) in [5.41, 5.74) is 2.04. The molecule has 84 valence electrons. The van der Waals surface area contributed by atoms with Gasteiger partial charge in [-0.05, 0) is 20.8 Å². The lowest BCUT2D eigenvalue weighted by Crippen LogP contribution is -2.03. The standard InChI is InChI=1S/C11H15N5/c1-8(2)4-5-12-10-11-15-14-9(3)16(11)7-6-13-10/h4,6-7H,5H2,1-3H3,(H,12,13). The van der Waals surface area contributed by atoms with Crippen molar-refractivity contribution < 1.29 is 0 Å². The van der Waals surface area contributed by atoms with Crippen LogP contribution < -0.4 is 5.32 Å². The second-order valence-corrected chi connectivity index (χ2v) is 3.88. The topological polar surface area (TPSA) is 55.1 Å². The molecule has 0 saturated heterocycles. The van der Waals surface area contributed by atoms with E-state index in [9.17, 15) is 0 Å². The molecule has 2 rings (SSSR count). The molecule has 0 spiro atoms. The Labute approximate surface area is 94.2 Å². The van der Waals surface area contributed by atoms with Gasteiger partial charge in [0.25, 0.3) is 0 Å². The third kappa shape index (κ3) is 2.03. The Balaban J connectivity index is 2.27. The van der Waals surface area contributed by atoms with Crippen molar-refractivity contribution in [2.24, 2.45) is 0 Å². The minimum atomic E-state index is 0.751. The fourth-order valence-corrected chi connectivity index (χ4v) is 1.42. The molecule has 16 heavy (non-hydrogen) atoms. The van der Waals surface area contributed by atoms with Crippen LogP contribution in [0.15, 0.2) is 24.0 Å². The molecule has 2 aromatic heterocycles. The zero-order valence-electron chi connectivity index (χ0n) is 9.73. The van der Waals surface area contributed by atoms with Crippen molar-refractivity contribution in [3.05, 3.63) is 29.9 Å². The number of hydrogen-bond acceptors (Lipinski definition) is 4. The Morgan fingerprint density at radius 1 is 1.44 bits per heavy atom. The van der Waals surface area contributed by atoms with E-state index in [1.54, 1.807) is 6.20 Å². The fraction of sp³-hybridized carbons (Fsp3) is 0.364. The number of nitrogens with zero attached hydrogens (tertiary/aromatic N) is 4. The van der Waals surface area contributed by atoms with E-state index in [0.717, 1.165) is 23.8 Å². The number of allylic oxidation sites excluding steroid dienone is 1. The normalized spacial score (nSPS) is 10.4. The summed E-state index contributed by atoms with van der Waals surface area (Å²) >= 11 is 0. The van der Waals surface area contributed by atoms with Gasteiger partial charge in [0, 0.05) is 18.9 Å². The summed E-state index contributed by atoms with van der Waals surface area (Å²) in [6, 6.07) is 0. The minimum absolute atomic E-state index is 0.751. The van der Waals surface area contributed by atoms with Crippen molar-refractivity contribution in [1.82, 2.24) is 19.6 Å². The van der Waals surface area contributed by atoms with Gasteiger partial charge >= 0.3 is 0 Å². The highest BCUT2D eigenvalue weighted by molar-refractivity contribution is 5.62. The summed E-state index contributed by atoms with van der Waals surface area (Å²) < 4.78 is 1.91. The number of hydrogen-bond donors (Lipinski definition) is 1. The SMILES string of the molecule is CC(C)=CCNc1nccn2c(C)nnc12. The van der Waals surface area contributed by atoms with E-state index in [1.807, 2.05) is 17.5 Å². The second kappa shape index (κ2) is 4.30. The molecule has 0 atom stereocenters. The Morgan fingerprint density at radius 3 is 3.00 bits per heavy atom. The number of rotatable bonds is 3. The summed E-state index contributed by atoms with van der Waals surface area (Å²) in [6.45, 7) is 6.80. The zero-order chi connectivity index (χ0) is 11.5. The van der Waals surface area contributed by atoms with E-state index in [2.05, 4.69) is 40.4 Å². The third-order valence-corrected chi connectivity index (χ3v) is 2.28. The number of fused-ring (bicyclic) bond motifs is 1. The summed E-state index contributed by atoms with van der Waals surface area (Å²) in [5.74, 6) is 1.63. The maximum absolute atomic E-state index is 4.25. The van der Waals surface area contributed by atoms with Crippen LogP contribution in [0, 0.1) is 6.92 Å². The lowest BCUT2D eigenvalue weighted by Gasteiger charge is -2.03. The molecule has 0 fully saturated rings. The average molecular weight is 217 g/mol. The van der Waals surface area contributed by atoms with Crippen LogP contribution in [0.3, 0.4) is 0 Å². The molecule has 0 amide bonds. The molecule has 0 aliphatic rings. The second-order valence-electron chi connectivity index (χ2n) is 3.88. The summed E-state index contributed by atoms with van der Waals surface area (Å²) in [7, 11) is 0. The van der Waals surface area contributed by atoms with Gasteiger partial charge in [-0.15, -0.1) is 10.2 Å². The first kappa shape index (κ1) is 10.6. The minimum Gasteiger partial charge on any atom is -0.363 e. The molecule has 0 aliphatic carbocycles. The molecule has 0 aromatic carbocycles. The van der Waals surface area contributed by atoms with Crippen LogP contribution in [0.4, 0.5) is 5.82 Å². The van der Waals surface area contributed by atoms with Crippen molar-refractivity contribution in [1.29, 1.82) is 0 Å². The largest absolute Gasteiger partial charge is 0.363 e. The van der Waals surface area contributed by atoms with Crippen molar-refractivity contribution in [3.8, 4) is 0 Å². The van der Waals surface area contributed by atoms with Gasteiger partial charge in [-0.25, -0.2) is 4.98 Å². The van der Waals surface area contributed by atoms with Gasteiger partial charge in [0.05, 0.1) is 0 Å². The molecular formula is C11H15N5.